The Bertz CT molecular complexity index is 855. The Kier molecular flexibility index (Phi) is 4.58. The normalized spacial score (nSPS) is 18.4. The first-order chi connectivity index (χ1) is 12.7. The van der Waals surface area contributed by atoms with Crippen LogP contribution in [-0.4, -0.2) is 45.6 Å². The molecule has 0 bridgehead atoms. The molecule has 1 aromatic carbocycles. The lowest BCUT2D eigenvalue weighted by Gasteiger charge is -2.33. The summed E-state index contributed by atoms with van der Waals surface area (Å²) in [5.41, 5.74) is 1.93. The molecule has 6 nitrogen and oxygen atoms in total. The van der Waals surface area contributed by atoms with E-state index in [1.807, 2.05) is 6.07 Å². The Balaban J connectivity index is 1.36. The fourth-order valence-corrected chi connectivity index (χ4v) is 3.48. The van der Waals surface area contributed by atoms with Crippen molar-refractivity contribution >= 4 is 11.6 Å². The molecule has 2 heterocycles. The molecule has 0 amide bonds. The highest BCUT2D eigenvalue weighted by Crippen LogP contribution is 2.19. The summed E-state index contributed by atoms with van der Waals surface area (Å²) in [7, 11) is 0. The molecule has 2 aromatic rings. The standard InChI is InChI=1S/C20H20N4O2/c25-17-12-16(20(26)19-18(17)21-8-9-22-19)23-15-6-10-24(11-7-15)13-14-4-2-1-3-5-14/h1-5,8-9,12,15,23H,6-7,10-11,13H2. The van der Waals surface area contributed by atoms with Gasteiger partial charge in [0.25, 0.3) is 0 Å². The summed E-state index contributed by atoms with van der Waals surface area (Å²) in [6, 6.07) is 10.6. The van der Waals surface area contributed by atoms with E-state index in [0.717, 1.165) is 32.5 Å². The van der Waals surface area contributed by atoms with Crippen molar-refractivity contribution in [2.75, 3.05) is 13.1 Å². The summed E-state index contributed by atoms with van der Waals surface area (Å²) >= 11 is 0. The van der Waals surface area contributed by atoms with Gasteiger partial charge in [-0.2, -0.15) is 0 Å². The van der Waals surface area contributed by atoms with Crippen molar-refractivity contribution in [1.29, 1.82) is 0 Å². The Labute approximate surface area is 152 Å². The summed E-state index contributed by atoms with van der Waals surface area (Å²) in [4.78, 5) is 35.1. The van der Waals surface area contributed by atoms with E-state index in [1.165, 1.54) is 24.0 Å². The first-order valence-electron chi connectivity index (χ1n) is 8.85. The van der Waals surface area contributed by atoms with Crippen LogP contribution in [-0.2, 0) is 6.54 Å². The molecule has 1 saturated heterocycles. The number of benzene rings is 1. The van der Waals surface area contributed by atoms with E-state index in [9.17, 15) is 9.59 Å². The quantitative estimate of drug-likeness (QED) is 0.911. The molecule has 0 unspecified atom stereocenters. The Morgan fingerprint density at radius 1 is 1.00 bits per heavy atom. The number of piperidine rings is 1. The van der Waals surface area contributed by atoms with E-state index in [4.69, 9.17) is 0 Å². The minimum Gasteiger partial charge on any atom is -0.379 e. The van der Waals surface area contributed by atoms with E-state index in [2.05, 4.69) is 44.5 Å². The number of rotatable bonds is 4. The van der Waals surface area contributed by atoms with Crippen LogP contribution in [0, 0.1) is 0 Å². The van der Waals surface area contributed by atoms with Gasteiger partial charge in [0.05, 0.1) is 5.70 Å². The van der Waals surface area contributed by atoms with Crippen molar-refractivity contribution in [2.45, 2.75) is 25.4 Å². The Morgan fingerprint density at radius 2 is 1.69 bits per heavy atom. The van der Waals surface area contributed by atoms with Crippen LogP contribution in [0.3, 0.4) is 0 Å². The van der Waals surface area contributed by atoms with Gasteiger partial charge in [-0.1, -0.05) is 30.3 Å². The molecule has 26 heavy (non-hydrogen) atoms. The number of aromatic nitrogens is 2. The van der Waals surface area contributed by atoms with E-state index in [-0.39, 0.29) is 29.0 Å². The molecule has 132 valence electrons. The highest BCUT2D eigenvalue weighted by Gasteiger charge is 2.30. The third-order valence-electron chi connectivity index (χ3n) is 4.86. The molecule has 1 N–H and O–H groups in total. The smallest absolute Gasteiger partial charge is 0.229 e. The summed E-state index contributed by atoms with van der Waals surface area (Å²) in [6.45, 7) is 2.85. The van der Waals surface area contributed by atoms with Crippen LogP contribution in [0.4, 0.5) is 0 Å². The van der Waals surface area contributed by atoms with Crippen LogP contribution < -0.4 is 5.32 Å². The van der Waals surface area contributed by atoms with Gasteiger partial charge in [0.15, 0.2) is 0 Å². The van der Waals surface area contributed by atoms with Gasteiger partial charge in [-0.05, 0) is 18.4 Å². The second-order valence-corrected chi connectivity index (χ2v) is 6.69. The van der Waals surface area contributed by atoms with Crippen LogP contribution in [0.25, 0.3) is 0 Å². The zero-order valence-corrected chi connectivity index (χ0v) is 14.4. The van der Waals surface area contributed by atoms with Crippen LogP contribution in [0.15, 0.2) is 54.5 Å². The minimum absolute atomic E-state index is 0.140. The predicted octanol–water partition coefficient (Wildman–Crippen LogP) is 1.99. The minimum atomic E-state index is -0.267. The summed E-state index contributed by atoms with van der Waals surface area (Å²) in [5, 5.41) is 3.26. The summed E-state index contributed by atoms with van der Waals surface area (Å²) in [6.07, 6.45) is 6.08. The van der Waals surface area contributed by atoms with Gasteiger partial charge in [0, 0.05) is 44.1 Å². The van der Waals surface area contributed by atoms with Crippen molar-refractivity contribution in [3.8, 4) is 0 Å². The number of hydrogen-bond donors (Lipinski definition) is 1. The molecule has 1 aliphatic heterocycles. The van der Waals surface area contributed by atoms with Crippen molar-refractivity contribution in [3.63, 3.8) is 0 Å². The second-order valence-electron chi connectivity index (χ2n) is 6.69. The SMILES string of the molecule is O=C1C=C(NC2CCN(Cc3ccccc3)CC2)C(=O)c2nccnc21. The molecular formula is C20H20N4O2. The average molecular weight is 348 g/mol. The Hall–Kier alpha value is -2.86. The monoisotopic (exact) mass is 348 g/mol. The lowest BCUT2D eigenvalue weighted by Crippen LogP contribution is -2.43. The number of nitrogens with one attached hydrogen (secondary N) is 1. The van der Waals surface area contributed by atoms with Crippen LogP contribution >= 0.6 is 0 Å². The lowest BCUT2D eigenvalue weighted by molar-refractivity contribution is 0.0965. The second kappa shape index (κ2) is 7.17. The zero-order chi connectivity index (χ0) is 17.9. The number of allylic oxidation sites excluding steroid dienone is 2. The molecule has 0 radical (unpaired) electrons. The number of nitrogens with zero attached hydrogens (tertiary/aromatic N) is 3. The fraction of sp³-hybridized carbons (Fsp3) is 0.300. The number of Topliss-reactive ketones (excluding diaryl/α,β-unsaturated/α-hetero) is 1. The van der Waals surface area contributed by atoms with Gasteiger partial charge < -0.3 is 5.32 Å². The third kappa shape index (κ3) is 3.41. The maximum atomic E-state index is 12.5. The number of carbonyl (C=O) groups is 2. The van der Waals surface area contributed by atoms with Gasteiger partial charge in [0.1, 0.15) is 11.4 Å². The molecule has 2 aliphatic rings. The molecule has 1 aromatic heterocycles. The maximum absolute atomic E-state index is 12.5. The maximum Gasteiger partial charge on any atom is 0.229 e. The number of carbonyl (C=O) groups excluding carboxylic acids is 2. The first-order valence-corrected chi connectivity index (χ1v) is 8.85. The van der Waals surface area contributed by atoms with Crippen LogP contribution in [0.5, 0.6) is 0 Å². The molecule has 1 fully saturated rings. The summed E-state index contributed by atoms with van der Waals surface area (Å²) in [5.74, 6) is -0.517. The zero-order valence-electron chi connectivity index (χ0n) is 14.4. The number of hydrogen-bond acceptors (Lipinski definition) is 6. The fourth-order valence-electron chi connectivity index (χ4n) is 3.48. The molecule has 0 saturated carbocycles. The van der Waals surface area contributed by atoms with Crippen LogP contribution in [0.2, 0.25) is 0 Å². The van der Waals surface area contributed by atoms with Gasteiger partial charge in [-0.25, -0.2) is 9.97 Å². The highest BCUT2D eigenvalue weighted by molar-refractivity contribution is 6.22. The van der Waals surface area contributed by atoms with Crippen LogP contribution in [0.1, 0.15) is 39.4 Å². The predicted molar refractivity (Wildman–Crippen MR) is 96.7 cm³/mol. The van der Waals surface area contributed by atoms with Gasteiger partial charge in [0.2, 0.25) is 11.6 Å². The van der Waals surface area contributed by atoms with Gasteiger partial charge in [-0.3, -0.25) is 14.5 Å². The van der Waals surface area contributed by atoms with Crippen molar-refractivity contribution in [1.82, 2.24) is 20.2 Å². The number of likely N-dealkylation sites (tertiary alicyclic amines) is 1. The van der Waals surface area contributed by atoms with Gasteiger partial charge in [-0.15, -0.1) is 0 Å². The molecule has 6 heteroatoms. The van der Waals surface area contributed by atoms with E-state index < -0.39 is 0 Å². The van der Waals surface area contributed by atoms with E-state index >= 15 is 0 Å². The molecular weight excluding hydrogens is 328 g/mol. The third-order valence-corrected chi connectivity index (χ3v) is 4.86. The molecule has 1 aliphatic carbocycles. The van der Waals surface area contributed by atoms with Gasteiger partial charge >= 0.3 is 0 Å². The van der Waals surface area contributed by atoms with Crippen molar-refractivity contribution in [3.05, 3.63) is 71.4 Å². The van der Waals surface area contributed by atoms with Crippen molar-refractivity contribution < 1.29 is 9.59 Å². The first kappa shape index (κ1) is 16.6. The summed E-state index contributed by atoms with van der Waals surface area (Å²) < 4.78 is 0. The van der Waals surface area contributed by atoms with E-state index in [1.54, 1.807) is 0 Å². The number of ketones is 2. The average Bonchev–Trinajstić information content (AvgIpc) is 2.68. The Morgan fingerprint density at radius 3 is 2.42 bits per heavy atom. The number of fused-ring (bicyclic) bond motifs is 1. The largest absolute Gasteiger partial charge is 0.379 e. The lowest BCUT2D eigenvalue weighted by atomic mass is 9.99. The molecule has 0 atom stereocenters. The van der Waals surface area contributed by atoms with Crippen molar-refractivity contribution in [2.24, 2.45) is 0 Å². The topological polar surface area (TPSA) is 75.2 Å². The van der Waals surface area contributed by atoms with E-state index in [0.29, 0.717) is 5.70 Å². The highest BCUT2D eigenvalue weighted by atomic mass is 16.1. The molecule has 0 spiro atoms. The molecule has 4 rings (SSSR count).